The highest BCUT2D eigenvalue weighted by Crippen LogP contribution is 2.27. The van der Waals surface area contributed by atoms with E-state index in [1.54, 1.807) is 12.1 Å². The number of benzene rings is 2. The molecule has 2 aromatic carbocycles. The average Bonchev–Trinajstić information content (AvgIpc) is 2.38. The predicted molar refractivity (Wildman–Crippen MR) is 78.3 cm³/mol. The summed E-state index contributed by atoms with van der Waals surface area (Å²) in [6.45, 7) is 2.08. The normalized spacial score (nSPS) is 10.4. The van der Waals surface area contributed by atoms with Crippen molar-refractivity contribution >= 4 is 27.3 Å². The van der Waals surface area contributed by atoms with E-state index in [2.05, 4.69) is 46.0 Å². The van der Waals surface area contributed by atoms with E-state index in [1.165, 1.54) is 23.3 Å². The summed E-state index contributed by atoms with van der Waals surface area (Å²) in [5, 5.41) is 0.856. The maximum absolute atomic E-state index is 12.9. The summed E-state index contributed by atoms with van der Waals surface area (Å²) in [6, 6.07) is 12.9. The van der Waals surface area contributed by atoms with Crippen molar-refractivity contribution < 1.29 is 4.39 Å². The van der Waals surface area contributed by atoms with Gasteiger partial charge in [-0.15, -0.1) is 0 Å². The molecule has 0 aliphatic heterocycles. The van der Waals surface area contributed by atoms with Gasteiger partial charge >= 0.3 is 0 Å². The molecule has 0 radical (unpaired) electrons. The number of anilines is 2. The van der Waals surface area contributed by atoms with E-state index in [0.717, 1.165) is 16.7 Å². The third-order valence-electron chi connectivity index (χ3n) is 2.99. The summed E-state index contributed by atoms with van der Waals surface area (Å²) in [4.78, 5) is 2.06. The minimum Gasteiger partial charge on any atom is -0.344 e. The molecule has 0 heterocycles. The topological polar surface area (TPSA) is 3.24 Å². The molecular formula is C15H15BrFN. The Morgan fingerprint density at radius 2 is 1.78 bits per heavy atom. The summed E-state index contributed by atoms with van der Waals surface area (Å²) in [5.74, 6) is -0.210. The lowest BCUT2D eigenvalue weighted by atomic mass is 10.1. The third kappa shape index (κ3) is 2.72. The fraction of sp³-hybridized carbons (Fsp3) is 0.200. The molecule has 0 N–H and O–H groups in total. The van der Waals surface area contributed by atoms with Gasteiger partial charge < -0.3 is 4.90 Å². The molecule has 0 bridgehead atoms. The van der Waals surface area contributed by atoms with Gasteiger partial charge in [-0.3, -0.25) is 0 Å². The Morgan fingerprint density at radius 3 is 2.33 bits per heavy atom. The zero-order valence-electron chi connectivity index (χ0n) is 10.5. The van der Waals surface area contributed by atoms with E-state index in [-0.39, 0.29) is 5.82 Å². The lowest BCUT2D eigenvalue weighted by Crippen LogP contribution is -2.10. The molecule has 0 unspecified atom stereocenters. The number of aryl methyl sites for hydroxylation is 1. The van der Waals surface area contributed by atoms with Crippen molar-refractivity contribution in [3.05, 3.63) is 59.4 Å². The SMILES string of the molecule is Cc1cc(CBr)ccc1N(C)c1ccc(F)cc1. The molecule has 1 nitrogen and oxygen atoms in total. The number of alkyl halides is 1. The van der Waals surface area contributed by atoms with Crippen molar-refractivity contribution in [1.29, 1.82) is 0 Å². The molecule has 0 aromatic heterocycles. The number of halogens is 2. The van der Waals surface area contributed by atoms with E-state index in [0.29, 0.717) is 0 Å². The molecule has 0 spiro atoms. The first-order valence-corrected chi connectivity index (χ1v) is 6.89. The fourth-order valence-electron chi connectivity index (χ4n) is 1.98. The van der Waals surface area contributed by atoms with Crippen LogP contribution in [0.2, 0.25) is 0 Å². The molecule has 0 atom stereocenters. The number of hydrogen-bond donors (Lipinski definition) is 0. The second-order valence-corrected chi connectivity index (χ2v) is 4.85. The molecule has 3 heteroatoms. The maximum atomic E-state index is 12.9. The Bertz CT molecular complexity index is 537. The van der Waals surface area contributed by atoms with Crippen LogP contribution in [0.1, 0.15) is 11.1 Å². The first kappa shape index (κ1) is 13.1. The van der Waals surface area contributed by atoms with Crippen LogP contribution in [0.3, 0.4) is 0 Å². The molecule has 0 saturated carbocycles. The average molecular weight is 308 g/mol. The quantitative estimate of drug-likeness (QED) is 0.736. The molecule has 18 heavy (non-hydrogen) atoms. The van der Waals surface area contributed by atoms with Gasteiger partial charge in [-0.25, -0.2) is 4.39 Å². The van der Waals surface area contributed by atoms with E-state index < -0.39 is 0 Å². The molecular weight excluding hydrogens is 293 g/mol. The Hall–Kier alpha value is -1.35. The summed E-state index contributed by atoms with van der Waals surface area (Å²) in [7, 11) is 1.99. The van der Waals surface area contributed by atoms with Crippen molar-refractivity contribution in [2.45, 2.75) is 12.3 Å². The number of nitrogens with zero attached hydrogens (tertiary/aromatic N) is 1. The zero-order valence-corrected chi connectivity index (χ0v) is 12.0. The van der Waals surface area contributed by atoms with Gasteiger partial charge in [-0.05, 0) is 48.4 Å². The lowest BCUT2D eigenvalue weighted by molar-refractivity contribution is 0.628. The summed E-state index contributed by atoms with van der Waals surface area (Å²) in [5.41, 5.74) is 4.57. The van der Waals surface area contributed by atoms with Crippen LogP contribution in [0.4, 0.5) is 15.8 Å². The largest absolute Gasteiger partial charge is 0.344 e. The highest BCUT2D eigenvalue weighted by molar-refractivity contribution is 9.08. The summed E-state index contributed by atoms with van der Waals surface area (Å²) >= 11 is 3.45. The highest BCUT2D eigenvalue weighted by atomic mass is 79.9. The van der Waals surface area contributed by atoms with Crippen LogP contribution < -0.4 is 4.90 Å². The van der Waals surface area contributed by atoms with E-state index in [4.69, 9.17) is 0 Å². The molecule has 94 valence electrons. The Labute approximate surface area is 115 Å². The van der Waals surface area contributed by atoms with Gasteiger partial charge in [0.25, 0.3) is 0 Å². The first-order valence-electron chi connectivity index (χ1n) is 5.76. The van der Waals surface area contributed by atoms with Gasteiger partial charge in [0.1, 0.15) is 5.82 Å². The van der Waals surface area contributed by atoms with Crippen LogP contribution >= 0.6 is 15.9 Å². The van der Waals surface area contributed by atoms with Crippen LogP contribution in [0.25, 0.3) is 0 Å². The van der Waals surface area contributed by atoms with Crippen molar-refractivity contribution in [1.82, 2.24) is 0 Å². The Kier molecular flexibility index (Phi) is 4.02. The standard InChI is InChI=1S/C15H15BrFN/c1-11-9-12(10-16)3-8-15(11)18(2)14-6-4-13(17)5-7-14/h3-9H,10H2,1-2H3. The van der Waals surface area contributed by atoms with Gasteiger partial charge in [-0.1, -0.05) is 28.1 Å². The molecule has 0 fully saturated rings. The van der Waals surface area contributed by atoms with Gasteiger partial charge in [0.2, 0.25) is 0 Å². The van der Waals surface area contributed by atoms with Crippen LogP contribution in [-0.2, 0) is 5.33 Å². The molecule has 0 aliphatic carbocycles. The fourth-order valence-corrected chi connectivity index (χ4v) is 2.33. The van der Waals surface area contributed by atoms with Gasteiger partial charge in [0, 0.05) is 23.8 Å². The smallest absolute Gasteiger partial charge is 0.123 e. The minimum absolute atomic E-state index is 0.210. The van der Waals surface area contributed by atoms with Gasteiger partial charge in [0.05, 0.1) is 0 Å². The highest BCUT2D eigenvalue weighted by Gasteiger charge is 2.07. The first-order chi connectivity index (χ1) is 8.61. The van der Waals surface area contributed by atoms with Crippen LogP contribution in [0.15, 0.2) is 42.5 Å². The molecule has 0 aliphatic rings. The van der Waals surface area contributed by atoms with E-state index >= 15 is 0 Å². The molecule has 2 rings (SSSR count). The summed E-state index contributed by atoms with van der Waals surface area (Å²) in [6.07, 6.45) is 0. The van der Waals surface area contributed by atoms with Gasteiger partial charge in [-0.2, -0.15) is 0 Å². The van der Waals surface area contributed by atoms with E-state index in [9.17, 15) is 4.39 Å². The number of hydrogen-bond acceptors (Lipinski definition) is 1. The Balaban J connectivity index is 2.33. The third-order valence-corrected chi connectivity index (χ3v) is 3.64. The molecule has 0 amide bonds. The van der Waals surface area contributed by atoms with Crippen molar-refractivity contribution in [3.63, 3.8) is 0 Å². The van der Waals surface area contributed by atoms with Crippen molar-refractivity contribution in [2.24, 2.45) is 0 Å². The van der Waals surface area contributed by atoms with Crippen molar-refractivity contribution in [3.8, 4) is 0 Å². The van der Waals surface area contributed by atoms with Gasteiger partial charge in [0.15, 0.2) is 0 Å². The van der Waals surface area contributed by atoms with E-state index in [1.807, 2.05) is 7.05 Å². The molecule has 0 saturated heterocycles. The Morgan fingerprint density at radius 1 is 1.11 bits per heavy atom. The van der Waals surface area contributed by atoms with Crippen LogP contribution in [0.5, 0.6) is 0 Å². The van der Waals surface area contributed by atoms with Crippen LogP contribution in [0, 0.1) is 12.7 Å². The molecule has 2 aromatic rings. The predicted octanol–water partition coefficient (Wildman–Crippen LogP) is 4.80. The minimum atomic E-state index is -0.210. The van der Waals surface area contributed by atoms with Crippen LogP contribution in [-0.4, -0.2) is 7.05 Å². The lowest BCUT2D eigenvalue weighted by Gasteiger charge is -2.22. The maximum Gasteiger partial charge on any atom is 0.123 e. The second kappa shape index (κ2) is 5.53. The number of rotatable bonds is 3. The van der Waals surface area contributed by atoms with Crippen molar-refractivity contribution in [2.75, 3.05) is 11.9 Å². The summed E-state index contributed by atoms with van der Waals surface area (Å²) < 4.78 is 12.9. The zero-order chi connectivity index (χ0) is 13.1. The monoisotopic (exact) mass is 307 g/mol. The second-order valence-electron chi connectivity index (χ2n) is 4.29.